The van der Waals surface area contributed by atoms with E-state index in [1.165, 1.54) is 24.3 Å². The number of pyridine rings is 1. The lowest BCUT2D eigenvalue weighted by atomic mass is 10.0. The number of aromatic amines is 1. The predicted octanol–water partition coefficient (Wildman–Crippen LogP) is 5.77. The van der Waals surface area contributed by atoms with Crippen LogP contribution in [0.25, 0.3) is 27.9 Å². The van der Waals surface area contributed by atoms with Crippen molar-refractivity contribution < 1.29 is 13.5 Å². The summed E-state index contributed by atoms with van der Waals surface area (Å²) in [6.45, 7) is 0. The van der Waals surface area contributed by atoms with E-state index in [1.54, 1.807) is 53.7 Å². The highest BCUT2D eigenvalue weighted by Gasteiger charge is 2.20. The Morgan fingerprint density at radius 1 is 0.846 bits per heavy atom. The van der Waals surface area contributed by atoms with Crippen molar-refractivity contribution in [3.8, 4) is 27.9 Å². The lowest BCUT2D eigenvalue weighted by Gasteiger charge is -2.18. The minimum atomic E-state index is -0.297. The zero-order valence-electron chi connectivity index (χ0n) is 20.4. The van der Waals surface area contributed by atoms with E-state index in [9.17, 15) is 8.78 Å². The molecule has 10 heteroatoms. The van der Waals surface area contributed by atoms with E-state index in [-0.39, 0.29) is 17.7 Å². The lowest BCUT2D eigenvalue weighted by Crippen LogP contribution is -2.32. The Bertz CT molecular complexity index is 1700. The number of hydrogen-bond donors (Lipinski definition) is 1. The Kier molecular flexibility index (Phi) is 6.64. The normalized spacial score (nSPS) is 12.0. The molecule has 0 saturated carbocycles. The zero-order chi connectivity index (χ0) is 26.8. The van der Waals surface area contributed by atoms with Gasteiger partial charge in [0.05, 0.1) is 17.9 Å². The number of tetrazole rings is 1. The first-order chi connectivity index (χ1) is 19.0. The summed E-state index contributed by atoms with van der Waals surface area (Å²) in [4.78, 5) is 4.81. The van der Waals surface area contributed by atoms with Crippen LogP contribution in [-0.4, -0.2) is 30.3 Å². The minimum absolute atomic E-state index is 0.274. The Labute approximate surface area is 227 Å². The number of benzene rings is 3. The van der Waals surface area contributed by atoms with Crippen LogP contribution in [0.15, 0.2) is 104 Å². The maximum absolute atomic E-state index is 13.6. The SMILES string of the molecule is Fc1ccc(CC(c2ccc(-c3cc(Cl)ccc3-[n+]3cnn[nH]3)cn2)n2cc(-c3ccc(F)cc3)cn2)cc1. The smallest absolute Gasteiger partial charge is 0.263 e. The number of nitrogens with zero attached hydrogens (tertiary/aromatic N) is 6. The van der Waals surface area contributed by atoms with Crippen molar-refractivity contribution in [3.63, 3.8) is 0 Å². The Morgan fingerprint density at radius 3 is 2.28 bits per heavy atom. The Morgan fingerprint density at radius 2 is 1.59 bits per heavy atom. The summed E-state index contributed by atoms with van der Waals surface area (Å²) in [5.74, 6) is -0.590. The predicted molar refractivity (Wildman–Crippen MR) is 142 cm³/mol. The molecule has 1 unspecified atom stereocenters. The molecule has 0 radical (unpaired) electrons. The van der Waals surface area contributed by atoms with Crippen LogP contribution in [0.1, 0.15) is 17.3 Å². The molecule has 3 aromatic carbocycles. The molecule has 6 aromatic rings. The van der Waals surface area contributed by atoms with Crippen LogP contribution in [0.2, 0.25) is 5.02 Å². The third-order valence-corrected chi connectivity index (χ3v) is 6.71. The van der Waals surface area contributed by atoms with Crippen molar-refractivity contribution in [2.45, 2.75) is 12.5 Å². The first kappa shape index (κ1) is 24.6. The number of H-pyrrole nitrogens is 1. The minimum Gasteiger partial charge on any atom is -0.263 e. The van der Waals surface area contributed by atoms with Gasteiger partial charge < -0.3 is 0 Å². The van der Waals surface area contributed by atoms with Gasteiger partial charge in [0.1, 0.15) is 22.4 Å². The van der Waals surface area contributed by atoms with Crippen LogP contribution in [0.4, 0.5) is 8.78 Å². The van der Waals surface area contributed by atoms with Crippen molar-refractivity contribution >= 4 is 11.6 Å². The van der Waals surface area contributed by atoms with Gasteiger partial charge in [-0.2, -0.15) is 5.10 Å². The van der Waals surface area contributed by atoms with Gasteiger partial charge in [-0.1, -0.05) is 47.1 Å². The molecule has 7 nitrogen and oxygen atoms in total. The molecule has 0 aliphatic carbocycles. The molecule has 3 heterocycles. The number of halogens is 3. The van der Waals surface area contributed by atoms with E-state index >= 15 is 0 Å². The first-order valence-electron chi connectivity index (χ1n) is 12.1. The van der Waals surface area contributed by atoms with Gasteiger partial charge in [0.2, 0.25) is 0 Å². The van der Waals surface area contributed by atoms with E-state index in [4.69, 9.17) is 16.6 Å². The third-order valence-electron chi connectivity index (χ3n) is 6.47. The van der Waals surface area contributed by atoms with Gasteiger partial charge in [0, 0.05) is 40.5 Å². The zero-order valence-corrected chi connectivity index (χ0v) is 21.2. The van der Waals surface area contributed by atoms with Gasteiger partial charge >= 0.3 is 0 Å². The molecule has 3 aromatic heterocycles. The summed E-state index contributed by atoms with van der Waals surface area (Å²) >= 11 is 6.32. The topological polar surface area (TPSA) is 76.2 Å². The third kappa shape index (κ3) is 5.30. The molecule has 192 valence electrons. The first-order valence-corrected chi connectivity index (χ1v) is 12.5. The number of hydrogen-bond acceptors (Lipinski definition) is 4. The van der Waals surface area contributed by atoms with Crippen molar-refractivity contribution in [2.24, 2.45) is 0 Å². The largest absolute Gasteiger partial charge is 0.293 e. The molecule has 0 fully saturated rings. The van der Waals surface area contributed by atoms with Crippen molar-refractivity contribution in [1.29, 1.82) is 0 Å². The molecular weight excluding hydrogens is 520 g/mol. The molecule has 0 bridgehead atoms. The Balaban J connectivity index is 1.37. The van der Waals surface area contributed by atoms with Crippen molar-refractivity contribution in [3.05, 3.63) is 132 Å². The van der Waals surface area contributed by atoms with E-state index in [1.807, 2.05) is 35.1 Å². The van der Waals surface area contributed by atoms with Gasteiger partial charge in [-0.05, 0) is 59.7 Å². The summed E-state index contributed by atoms with van der Waals surface area (Å²) in [6.07, 6.45) is 7.55. The van der Waals surface area contributed by atoms with Crippen LogP contribution < -0.4 is 4.68 Å². The molecule has 0 amide bonds. The maximum atomic E-state index is 13.6. The van der Waals surface area contributed by atoms with Crippen LogP contribution >= 0.6 is 11.6 Å². The molecule has 0 saturated heterocycles. The quantitative estimate of drug-likeness (QED) is 0.261. The summed E-state index contributed by atoms with van der Waals surface area (Å²) < 4.78 is 30.5. The molecule has 0 aliphatic heterocycles. The summed E-state index contributed by atoms with van der Waals surface area (Å²) in [6, 6.07) is 21.9. The van der Waals surface area contributed by atoms with E-state index in [0.29, 0.717) is 11.4 Å². The molecule has 0 spiro atoms. The van der Waals surface area contributed by atoms with E-state index in [2.05, 4.69) is 20.6 Å². The number of rotatable bonds is 7. The fraction of sp³-hybridized carbons (Fsp3) is 0.0690. The maximum Gasteiger partial charge on any atom is 0.293 e. The fourth-order valence-electron chi connectivity index (χ4n) is 4.48. The van der Waals surface area contributed by atoms with Crippen molar-refractivity contribution in [1.82, 2.24) is 30.3 Å². The molecular formula is C29H21ClF2N7+. The summed E-state index contributed by atoms with van der Waals surface area (Å²) in [5.41, 5.74) is 5.94. The van der Waals surface area contributed by atoms with Gasteiger partial charge in [0.15, 0.2) is 5.21 Å². The second-order valence-corrected chi connectivity index (χ2v) is 9.43. The molecule has 39 heavy (non-hydrogen) atoms. The second kappa shape index (κ2) is 10.5. The van der Waals surface area contributed by atoms with Gasteiger partial charge in [-0.25, -0.2) is 8.78 Å². The van der Waals surface area contributed by atoms with Crippen molar-refractivity contribution in [2.75, 3.05) is 0 Å². The van der Waals surface area contributed by atoms with Gasteiger partial charge in [-0.15, -0.1) is 4.68 Å². The van der Waals surface area contributed by atoms with E-state index < -0.39 is 0 Å². The van der Waals surface area contributed by atoms with E-state index in [0.717, 1.165) is 39.2 Å². The number of aromatic nitrogens is 7. The fourth-order valence-corrected chi connectivity index (χ4v) is 4.65. The van der Waals surface area contributed by atoms with Crippen LogP contribution in [0.3, 0.4) is 0 Å². The molecule has 6 rings (SSSR count). The highest BCUT2D eigenvalue weighted by atomic mass is 35.5. The summed E-state index contributed by atoms with van der Waals surface area (Å²) in [7, 11) is 0. The van der Waals surface area contributed by atoms with Crippen LogP contribution in [-0.2, 0) is 6.42 Å². The monoisotopic (exact) mass is 540 g/mol. The molecule has 1 N–H and O–H groups in total. The molecule has 0 aliphatic rings. The summed E-state index contributed by atoms with van der Waals surface area (Å²) in [5, 5.41) is 15.7. The highest BCUT2D eigenvalue weighted by Crippen LogP contribution is 2.30. The molecule has 1 atom stereocenters. The van der Waals surface area contributed by atoms with Crippen LogP contribution in [0.5, 0.6) is 0 Å². The lowest BCUT2D eigenvalue weighted by molar-refractivity contribution is -0.659. The average Bonchev–Trinajstić information content (AvgIpc) is 3.67. The van der Waals surface area contributed by atoms with Gasteiger partial charge in [-0.3, -0.25) is 9.67 Å². The highest BCUT2D eigenvalue weighted by molar-refractivity contribution is 6.31. The average molecular weight is 541 g/mol. The second-order valence-electron chi connectivity index (χ2n) is 9.00. The Hall–Kier alpha value is -4.76. The number of nitrogens with one attached hydrogen (secondary N) is 1. The standard InChI is InChI=1S/C29H20ClF2N7/c30-23-6-12-28(39-18-34-36-37-39)26(14-23)21-5-11-27(33-15-21)29(13-19-1-7-24(31)8-2-19)38-17-22(16-35-38)20-3-9-25(32)10-4-20/h1-12,14-18,29H,13H2/p+1. The van der Waals surface area contributed by atoms with Crippen LogP contribution in [0, 0.1) is 11.6 Å². The van der Waals surface area contributed by atoms with Gasteiger partial charge in [0.25, 0.3) is 6.33 Å².